The summed E-state index contributed by atoms with van der Waals surface area (Å²) in [6.07, 6.45) is 7.19. The number of ether oxygens (including phenoxy) is 1. The zero-order valence-electron chi connectivity index (χ0n) is 13.2. The summed E-state index contributed by atoms with van der Waals surface area (Å²) < 4.78 is 5.95. The van der Waals surface area contributed by atoms with Crippen molar-refractivity contribution in [2.75, 3.05) is 19.7 Å². The first-order valence-electron chi connectivity index (χ1n) is 8.04. The number of rotatable bonds is 3. The highest BCUT2D eigenvalue weighted by atomic mass is 35.5. The lowest BCUT2D eigenvalue weighted by molar-refractivity contribution is -0.00134. The minimum atomic E-state index is 0.0669. The Kier molecular flexibility index (Phi) is 3.98. The van der Waals surface area contributed by atoms with E-state index in [1.165, 1.54) is 6.33 Å². The van der Waals surface area contributed by atoms with Crippen molar-refractivity contribution in [1.82, 2.24) is 14.9 Å². The molecule has 2 saturated heterocycles. The Morgan fingerprint density at radius 2 is 1.96 bits per heavy atom. The van der Waals surface area contributed by atoms with E-state index >= 15 is 0 Å². The first-order valence-corrected chi connectivity index (χ1v) is 8.42. The largest absolute Gasteiger partial charge is 0.377 e. The van der Waals surface area contributed by atoms with Crippen LogP contribution in [-0.2, 0) is 11.2 Å². The summed E-state index contributed by atoms with van der Waals surface area (Å²) in [5, 5.41) is 0.642. The van der Waals surface area contributed by atoms with Crippen LogP contribution in [-0.4, -0.2) is 46.6 Å². The number of halogens is 1. The number of carbonyl (C=O) groups is 1. The normalized spacial score (nSPS) is 21.7. The van der Waals surface area contributed by atoms with E-state index in [9.17, 15) is 4.79 Å². The maximum atomic E-state index is 12.5. The molecule has 124 valence electrons. The molecule has 2 aromatic rings. The van der Waals surface area contributed by atoms with Gasteiger partial charge in [0.1, 0.15) is 6.33 Å². The maximum Gasteiger partial charge on any atom is 0.253 e. The van der Waals surface area contributed by atoms with Crippen LogP contribution in [0.5, 0.6) is 0 Å². The fourth-order valence-electron chi connectivity index (χ4n) is 3.63. The minimum absolute atomic E-state index is 0.0669. The van der Waals surface area contributed by atoms with Gasteiger partial charge in [0.15, 0.2) is 0 Å². The van der Waals surface area contributed by atoms with Crippen LogP contribution in [0.15, 0.2) is 43.0 Å². The first-order chi connectivity index (χ1) is 11.6. The molecule has 6 heteroatoms. The minimum Gasteiger partial charge on any atom is -0.377 e. The lowest BCUT2D eigenvalue weighted by atomic mass is 9.77. The molecule has 1 aromatic carbocycles. The molecular weight excluding hydrogens is 326 g/mol. The number of hydrogen-bond acceptors (Lipinski definition) is 4. The summed E-state index contributed by atoms with van der Waals surface area (Å²) in [6.45, 7) is 2.24. The molecule has 0 radical (unpaired) electrons. The molecule has 0 N–H and O–H groups in total. The van der Waals surface area contributed by atoms with Crippen LogP contribution in [0.25, 0.3) is 0 Å². The SMILES string of the molecule is O=C(c1ccc(Cl)cc1)N1CC2(CO[C@H](Cc3cncnc3)C2)C1. The summed E-state index contributed by atoms with van der Waals surface area (Å²) in [5.74, 6) is 0.0669. The smallest absolute Gasteiger partial charge is 0.253 e. The van der Waals surface area contributed by atoms with E-state index in [0.717, 1.165) is 38.1 Å². The molecule has 0 unspecified atom stereocenters. The molecule has 2 fully saturated rings. The molecule has 4 rings (SSSR count). The van der Waals surface area contributed by atoms with Crippen LogP contribution in [0.1, 0.15) is 22.3 Å². The lowest BCUT2D eigenvalue weighted by Gasteiger charge is -2.47. The van der Waals surface area contributed by atoms with Crippen molar-refractivity contribution in [2.45, 2.75) is 18.9 Å². The summed E-state index contributed by atoms with van der Waals surface area (Å²) in [7, 11) is 0. The van der Waals surface area contributed by atoms with Gasteiger partial charge in [-0.2, -0.15) is 0 Å². The van der Waals surface area contributed by atoms with Crippen LogP contribution in [0.3, 0.4) is 0 Å². The predicted molar refractivity (Wildman–Crippen MR) is 89.9 cm³/mol. The van der Waals surface area contributed by atoms with Gasteiger partial charge in [0, 0.05) is 47.9 Å². The second-order valence-electron chi connectivity index (χ2n) is 6.76. The second kappa shape index (κ2) is 6.15. The molecule has 24 heavy (non-hydrogen) atoms. The number of benzene rings is 1. The molecule has 5 nitrogen and oxygen atoms in total. The third kappa shape index (κ3) is 3.01. The van der Waals surface area contributed by atoms with E-state index in [1.807, 2.05) is 17.3 Å². The number of aromatic nitrogens is 2. The maximum absolute atomic E-state index is 12.5. The Bertz CT molecular complexity index is 730. The molecule has 1 spiro atoms. The monoisotopic (exact) mass is 343 g/mol. The summed E-state index contributed by atoms with van der Waals surface area (Å²) in [5.41, 5.74) is 1.89. The molecule has 3 heterocycles. The van der Waals surface area contributed by atoms with E-state index < -0.39 is 0 Å². The zero-order valence-corrected chi connectivity index (χ0v) is 13.9. The average molecular weight is 344 g/mol. The Balaban J connectivity index is 1.33. The van der Waals surface area contributed by atoms with Crippen molar-refractivity contribution in [3.05, 3.63) is 59.1 Å². The predicted octanol–water partition coefficient (Wildman–Crippen LogP) is 2.60. The van der Waals surface area contributed by atoms with E-state index in [4.69, 9.17) is 16.3 Å². The van der Waals surface area contributed by atoms with Gasteiger partial charge in [-0.3, -0.25) is 4.79 Å². The van der Waals surface area contributed by atoms with E-state index in [0.29, 0.717) is 10.6 Å². The quantitative estimate of drug-likeness (QED) is 0.859. The number of nitrogens with zero attached hydrogens (tertiary/aromatic N) is 3. The number of likely N-dealkylation sites (tertiary alicyclic amines) is 1. The number of amides is 1. The molecule has 2 aliphatic heterocycles. The fraction of sp³-hybridized carbons (Fsp3) is 0.389. The Labute approximate surface area is 145 Å². The van der Waals surface area contributed by atoms with Gasteiger partial charge in [0.2, 0.25) is 0 Å². The topological polar surface area (TPSA) is 55.3 Å². The Hall–Kier alpha value is -1.98. The van der Waals surface area contributed by atoms with Crippen molar-refractivity contribution < 1.29 is 9.53 Å². The number of carbonyl (C=O) groups excluding carboxylic acids is 1. The van der Waals surface area contributed by atoms with Crippen LogP contribution < -0.4 is 0 Å². The molecule has 0 aliphatic carbocycles. The van der Waals surface area contributed by atoms with E-state index in [1.54, 1.807) is 24.3 Å². The third-order valence-electron chi connectivity index (χ3n) is 4.79. The summed E-state index contributed by atoms with van der Waals surface area (Å²) in [4.78, 5) is 22.5. The fourth-order valence-corrected chi connectivity index (χ4v) is 3.75. The van der Waals surface area contributed by atoms with Crippen LogP contribution in [0.2, 0.25) is 5.02 Å². The van der Waals surface area contributed by atoms with E-state index in [2.05, 4.69) is 9.97 Å². The van der Waals surface area contributed by atoms with Crippen molar-refractivity contribution >= 4 is 17.5 Å². The van der Waals surface area contributed by atoms with Gasteiger partial charge in [-0.05, 0) is 36.2 Å². The molecular formula is C18H18ClN3O2. The van der Waals surface area contributed by atoms with Crippen molar-refractivity contribution in [2.24, 2.45) is 5.41 Å². The molecule has 0 saturated carbocycles. The van der Waals surface area contributed by atoms with Gasteiger partial charge in [-0.1, -0.05) is 11.6 Å². The molecule has 1 aromatic heterocycles. The molecule has 1 atom stereocenters. The molecule has 0 bridgehead atoms. The van der Waals surface area contributed by atoms with Gasteiger partial charge in [0.25, 0.3) is 5.91 Å². The van der Waals surface area contributed by atoms with Crippen molar-refractivity contribution in [1.29, 1.82) is 0 Å². The summed E-state index contributed by atoms with van der Waals surface area (Å²) >= 11 is 5.87. The first kappa shape index (κ1) is 15.5. The van der Waals surface area contributed by atoms with Gasteiger partial charge in [0.05, 0.1) is 12.7 Å². The number of hydrogen-bond donors (Lipinski definition) is 0. The third-order valence-corrected chi connectivity index (χ3v) is 5.05. The van der Waals surface area contributed by atoms with Crippen LogP contribution in [0.4, 0.5) is 0 Å². The van der Waals surface area contributed by atoms with Crippen molar-refractivity contribution in [3.8, 4) is 0 Å². The highest BCUT2D eigenvalue weighted by Gasteiger charge is 2.50. The second-order valence-corrected chi connectivity index (χ2v) is 7.19. The highest BCUT2D eigenvalue weighted by Crippen LogP contribution is 2.42. The van der Waals surface area contributed by atoms with Gasteiger partial charge in [-0.25, -0.2) is 9.97 Å². The highest BCUT2D eigenvalue weighted by molar-refractivity contribution is 6.30. The van der Waals surface area contributed by atoms with E-state index in [-0.39, 0.29) is 17.4 Å². The Morgan fingerprint density at radius 1 is 1.25 bits per heavy atom. The Morgan fingerprint density at radius 3 is 2.67 bits per heavy atom. The van der Waals surface area contributed by atoms with Crippen LogP contribution in [0, 0.1) is 5.41 Å². The van der Waals surface area contributed by atoms with Gasteiger partial charge >= 0.3 is 0 Å². The average Bonchev–Trinajstić information content (AvgIpc) is 2.99. The molecule has 1 amide bonds. The van der Waals surface area contributed by atoms with Gasteiger partial charge < -0.3 is 9.64 Å². The standard InChI is InChI=1S/C18H18ClN3O2/c19-15-3-1-14(2-4-15)17(23)22-9-18(10-22)6-16(24-11-18)5-13-7-20-12-21-8-13/h1-4,7-8,12,16H,5-6,9-11H2/t16-/m1/s1. The molecule has 2 aliphatic rings. The van der Waals surface area contributed by atoms with Crippen molar-refractivity contribution in [3.63, 3.8) is 0 Å². The zero-order chi connectivity index (χ0) is 16.6. The van der Waals surface area contributed by atoms with Crippen LogP contribution >= 0.6 is 11.6 Å². The lowest BCUT2D eigenvalue weighted by Crippen LogP contribution is -2.58. The van der Waals surface area contributed by atoms with Gasteiger partial charge in [-0.15, -0.1) is 0 Å². The summed E-state index contributed by atoms with van der Waals surface area (Å²) in [6, 6.07) is 7.06.